The van der Waals surface area contributed by atoms with E-state index in [1.807, 2.05) is 11.4 Å². The number of carbonyl (C=O) groups is 6. The van der Waals surface area contributed by atoms with Crippen LogP contribution >= 0.6 is 0 Å². The molecular weight excluding hydrogens is 494 g/mol. The van der Waals surface area contributed by atoms with E-state index in [0.717, 1.165) is 5.56 Å². The Balaban J connectivity index is 2.70. The van der Waals surface area contributed by atoms with Crippen molar-refractivity contribution in [3.8, 4) is 0 Å². The molecule has 6 N–H and O–H groups in total. The van der Waals surface area contributed by atoms with Gasteiger partial charge in [0.1, 0.15) is 25.8 Å². The first kappa shape index (κ1) is 30.8. The highest BCUT2D eigenvalue weighted by Gasteiger charge is 2.33. The summed E-state index contributed by atoms with van der Waals surface area (Å²) in [4.78, 5) is 70.9. The van der Waals surface area contributed by atoms with Crippen LogP contribution < -0.4 is 10.6 Å². The van der Waals surface area contributed by atoms with Gasteiger partial charge in [-0.25, -0.2) is 14.4 Å². The monoisotopic (exact) mass is 525 g/mol. The molecule has 2 atom stereocenters. The summed E-state index contributed by atoms with van der Waals surface area (Å²) < 4.78 is 5.07. The SMILES string of the molecule is O=C(O)CC[C@H](NC(=O)N(CC(=O)O)[C@@H](CCCCNC(=O)OCc1ccccc1)C(=O)CO)C(=O)O. The first-order valence-corrected chi connectivity index (χ1v) is 11.4. The minimum absolute atomic E-state index is 0.0722. The summed E-state index contributed by atoms with van der Waals surface area (Å²) in [5.74, 6) is -5.20. The van der Waals surface area contributed by atoms with E-state index in [-0.39, 0.29) is 26.0 Å². The second kappa shape index (κ2) is 16.5. The maximum absolute atomic E-state index is 12.7. The quantitative estimate of drug-likeness (QED) is 0.153. The molecular formula is C23H31N3O11. The second-order valence-electron chi connectivity index (χ2n) is 7.92. The minimum Gasteiger partial charge on any atom is -0.481 e. The Morgan fingerprint density at radius 1 is 0.919 bits per heavy atom. The first-order valence-electron chi connectivity index (χ1n) is 11.4. The molecule has 1 rings (SSSR count). The summed E-state index contributed by atoms with van der Waals surface area (Å²) in [6, 6.07) is 4.73. The lowest BCUT2D eigenvalue weighted by molar-refractivity contribution is -0.140. The number of benzene rings is 1. The van der Waals surface area contributed by atoms with E-state index in [1.165, 1.54) is 0 Å². The zero-order chi connectivity index (χ0) is 27.8. The molecule has 0 aliphatic carbocycles. The molecule has 1 aromatic rings. The Labute approximate surface area is 212 Å². The molecule has 0 spiro atoms. The number of amides is 3. The van der Waals surface area contributed by atoms with Gasteiger partial charge >= 0.3 is 30.0 Å². The first-order chi connectivity index (χ1) is 17.5. The zero-order valence-corrected chi connectivity index (χ0v) is 20.0. The van der Waals surface area contributed by atoms with Crippen molar-refractivity contribution in [1.82, 2.24) is 15.5 Å². The number of aliphatic carboxylic acids is 3. The Kier molecular flexibility index (Phi) is 13.7. The summed E-state index contributed by atoms with van der Waals surface area (Å²) in [7, 11) is 0. The van der Waals surface area contributed by atoms with E-state index < -0.39 is 73.9 Å². The number of ketones is 1. The van der Waals surface area contributed by atoms with Gasteiger partial charge < -0.3 is 40.7 Å². The number of unbranched alkanes of at least 4 members (excludes halogenated alkanes) is 1. The van der Waals surface area contributed by atoms with Gasteiger partial charge in [0.05, 0.1) is 6.04 Å². The molecule has 3 amide bonds. The van der Waals surface area contributed by atoms with Crippen LogP contribution in [-0.2, 0) is 30.5 Å². The predicted molar refractivity (Wildman–Crippen MR) is 126 cm³/mol. The minimum atomic E-state index is -1.64. The standard InChI is InChI=1S/C23H31N3O11/c27-13-18(28)17(8-4-5-11-24-23(36)37-14-15-6-2-1-3-7-15)26(12-20(31)32)22(35)25-16(21(33)34)9-10-19(29)30/h1-3,6-7,16-17,27H,4-5,8-14H2,(H,24,36)(H,25,35)(H,29,30)(H,31,32)(H,33,34)/t16-,17-/m0/s1. The van der Waals surface area contributed by atoms with Crippen LogP contribution in [0.25, 0.3) is 0 Å². The smallest absolute Gasteiger partial charge is 0.407 e. The van der Waals surface area contributed by atoms with Gasteiger partial charge in [0, 0.05) is 13.0 Å². The molecule has 0 saturated carbocycles. The number of rotatable bonds is 17. The normalized spacial score (nSPS) is 12.0. The number of ether oxygens (including phenoxy) is 1. The molecule has 0 aromatic heterocycles. The molecule has 0 radical (unpaired) electrons. The largest absolute Gasteiger partial charge is 0.481 e. The Morgan fingerprint density at radius 3 is 2.16 bits per heavy atom. The molecule has 0 aliphatic rings. The van der Waals surface area contributed by atoms with Gasteiger partial charge in [-0.1, -0.05) is 30.3 Å². The number of carboxylic acid groups (broad SMARTS) is 3. The van der Waals surface area contributed by atoms with Crippen LogP contribution in [0.2, 0.25) is 0 Å². The molecule has 37 heavy (non-hydrogen) atoms. The lowest BCUT2D eigenvalue weighted by atomic mass is 10.0. The van der Waals surface area contributed by atoms with E-state index in [2.05, 4.69) is 5.32 Å². The predicted octanol–water partition coefficient (Wildman–Crippen LogP) is 0.427. The number of carbonyl (C=O) groups excluding carboxylic acids is 3. The fourth-order valence-electron chi connectivity index (χ4n) is 3.25. The van der Waals surface area contributed by atoms with Crippen molar-refractivity contribution in [2.24, 2.45) is 0 Å². The van der Waals surface area contributed by atoms with Crippen molar-refractivity contribution in [2.75, 3.05) is 19.7 Å². The van der Waals surface area contributed by atoms with Gasteiger partial charge in [0.25, 0.3) is 0 Å². The number of carboxylic acids is 3. The highest BCUT2D eigenvalue weighted by atomic mass is 16.5. The second-order valence-corrected chi connectivity index (χ2v) is 7.92. The van der Waals surface area contributed by atoms with Crippen LogP contribution in [0, 0.1) is 0 Å². The summed E-state index contributed by atoms with van der Waals surface area (Å²) in [6.45, 7) is -1.76. The number of hydrogen-bond acceptors (Lipinski definition) is 8. The number of urea groups is 1. The van der Waals surface area contributed by atoms with E-state index in [0.29, 0.717) is 11.3 Å². The van der Waals surface area contributed by atoms with Gasteiger partial charge in [0.2, 0.25) is 0 Å². The summed E-state index contributed by atoms with van der Waals surface area (Å²) in [5.41, 5.74) is 0.799. The van der Waals surface area contributed by atoms with Crippen molar-refractivity contribution >= 4 is 35.8 Å². The lowest BCUT2D eigenvalue weighted by Crippen LogP contribution is -2.55. The summed E-state index contributed by atoms with van der Waals surface area (Å²) in [6.07, 6.45) is -1.26. The molecule has 0 unspecified atom stereocenters. The van der Waals surface area contributed by atoms with Crippen molar-refractivity contribution in [3.05, 3.63) is 35.9 Å². The number of aliphatic hydroxyl groups excluding tert-OH is 1. The van der Waals surface area contributed by atoms with Crippen LogP contribution in [0.1, 0.15) is 37.7 Å². The van der Waals surface area contributed by atoms with Crippen molar-refractivity contribution in [1.29, 1.82) is 0 Å². The van der Waals surface area contributed by atoms with Crippen LogP contribution in [0.3, 0.4) is 0 Å². The van der Waals surface area contributed by atoms with Gasteiger partial charge in [-0.3, -0.25) is 14.4 Å². The number of nitrogens with one attached hydrogen (secondary N) is 2. The Hall–Kier alpha value is -4.20. The number of alkyl carbamates (subject to hydrolysis) is 1. The third-order valence-corrected chi connectivity index (χ3v) is 5.10. The molecule has 14 heteroatoms. The third-order valence-electron chi connectivity index (χ3n) is 5.10. The van der Waals surface area contributed by atoms with Crippen molar-refractivity contribution in [3.63, 3.8) is 0 Å². The maximum atomic E-state index is 12.7. The number of Topliss-reactive ketones (excluding diaryl/α,β-unsaturated/α-hetero) is 1. The number of aliphatic hydroxyl groups is 1. The molecule has 0 fully saturated rings. The summed E-state index contributed by atoms with van der Waals surface area (Å²) >= 11 is 0. The fraction of sp³-hybridized carbons (Fsp3) is 0.478. The van der Waals surface area contributed by atoms with E-state index >= 15 is 0 Å². The number of hydrogen-bond donors (Lipinski definition) is 6. The van der Waals surface area contributed by atoms with Gasteiger partial charge in [-0.15, -0.1) is 0 Å². The van der Waals surface area contributed by atoms with E-state index in [9.17, 15) is 44.1 Å². The van der Waals surface area contributed by atoms with Gasteiger partial charge in [-0.2, -0.15) is 0 Å². The maximum Gasteiger partial charge on any atom is 0.407 e. The average Bonchev–Trinajstić information content (AvgIpc) is 2.85. The van der Waals surface area contributed by atoms with Gasteiger partial charge in [0.15, 0.2) is 5.78 Å². The lowest BCUT2D eigenvalue weighted by Gasteiger charge is -2.30. The fourth-order valence-corrected chi connectivity index (χ4v) is 3.25. The molecule has 204 valence electrons. The number of nitrogens with zero attached hydrogens (tertiary/aromatic N) is 1. The van der Waals surface area contributed by atoms with Crippen LogP contribution in [-0.4, -0.2) is 92.9 Å². The average molecular weight is 526 g/mol. The topological polar surface area (TPSA) is 220 Å². The molecule has 0 aliphatic heterocycles. The third kappa shape index (κ3) is 12.4. The molecule has 1 aromatic carbocycles. The van der Waals surface area contributed by atoms with Crippen LogP contribution in [0.4, 0.5) is 9.59 Å². The highest BCUT2D eigenvalue weighted by molar-refractivity contribution is 5.92. The van der Waals surface area contributed by atoms with Crippen LogP contribution in [0.5, 0.6) is 0 Å². The Morgan fingerprint density at radius 2 is 1.59 bits per heavy atom. The van der Waals surface area contributed by atoms with Crippen molar-refractivity contribution < 1.29 is 53.9 Å². The molecule has 0 bridgehead atoms. The molecule has 0 heterocycles. The zero-order valence-electron chi connectivity index (χ0n) is 20.0. The van der Waals surface area contributed by atoms with Crippen molar-refractivity contribution in [2.45, 2.75) is 50.8 Å². The molecule has 0 saturated heterocycles. The highest BCUT2D eigenvalue weighted by Crippen LogP contribution is 2.12. The van der Waals surface area contributed by atoms with E-state index in [1.54, 1.807) is 24.3 Å². The Bertz CT molecular complexity index is 939. The summed E-state index contributed by atoms with van der Waals surface area (Å²) in [5, 5.41) is 41.1. The van der Waals surface area contributed by atoms with Gasteiger partial charge in [-0.05, 0) is 31.2 Å². The van der Waals surface area contributed by atoms with E-state index in [4.69, 9.17) is 9.84 Å². The molecule has 14 nitrogen and oxygen atoms in total. The van der Waals surface area contributed by atoms with Crippen LogP contribution in [0.15, 0.2) is 30.3 Å².